The molecule has 1 aromatic carbocycles. The van der Waals surface area contributed by atoms with E-state index in [4.69, 9.17) is 9.47 Å². The first-order chi connectivity index (χ1) is 10.2. The zero-order valence-electron chi connectivity index (χ0n) is 12.4. The Labute approximate surface area is 125 Å². The topological polar surface area (TPSA) is 52.6 Å². The highest BCUT2D eigenvalue weighted by molar-refractivity contribution is 5.89. The molecule has 4 nitrogen and oxygen atoms in total. The lowest BCUT2D eigenvalue weighted by Crippen LogP contribution is -2.36. The molecule has 0 saturated heterocycles. The quantitative estimate of drug-likeness (QED) is 0.780. The first kappa shape index (κ1) is 15.5. The maximum atomic E-state index is 12.1. The van der Waals surface area contributed by atoms with Gasteiger partial charge >= 0.3 is 11.9 Å². The molecule has 114 valence electrons. The first-order valence-electron chi connectivity index (χ1n) is 7.65. The van der Waals surface area contributed by atoms with E-state index in [1.807, 2.05) is 13.0 Å². The van der Waals surface area contributed by atoms with Crippen molar-refractivity contribution in [2.24, 2.45) is 5.92 Å². The van der Waals surface area contributed by atoms with Crippen LogP contribution in [0.5, 0.6) is 0 Å². The zero-order chi connectivity index (χ0) is 15.1. The largest absolute Gasteiger partial charge is 0.465 e. The second-order valence-electron chi connectivity index (χ2n) is 5.37. The molecule has 2 atom stereocenters. The predicted octanol–water partition coefficient (Wildman–Crippen LogP) is 3.36. The van der Waals surface area contributed by atoms with Crippen molar-refractivity contribution in [3.8, 4) is 0 Å². The molecule has 4 heteroatoms. The van der Waals surface area contributed by atoms with Gasteiger partial charge in [-0.3, -0.25) is 4.79 Å². The van der Waals surface area contributed by atoms with E-state index >= 15 is 0 Å². The van der Waals surface area contributed by atoms with Crippen LogP contribution in [0.15, 0.2) is 30.3 Å². The molecule has 0 heterocycles. The van der Waals surface area contributed by atoms with E-state index in [0.29, 0.717) is 12.2 Å². The minimum Gasteiger partial charge on any atom is -0.465 e. The van der Waals surface area contributed by atoms with Crippen LogP contribution >= 0.6 is 0 Å². The Balaban J connectivity index is 1.98. The molecule has 2 unspecified atom stereocenters. The third kappa shape index (κ3) is 4.31. The lowest BCUT2D eigenvalue weighted by atomic mass is 9.86. The second-order valence-corrected chi connectivity index (χ2v) is 5.37. The molecular formula is C17H22O4. The molecule has 0 spiro atoms. The molecule has 0 radical (unpaired) electrons. The van der Waals surface area contributed by atoms with Crippen molar-refractivity contribution in [1.82, 2.24) is 0 Å². The summed E-state index contributed by atoms with van der Waals surface area (Å²) < 4.78 is 10.8. The van der Waals surface area contributed by atoms with Gasteiger partial charge in [0.05, 0.1) is 18.1 Å². The lowest BCUT2D eigenvalue weighted by molar-refractivity contribution is -0.154. The fourth-order valence-corrected chi connectivity index (χ4v) is 2.60. The van der Waals surface area contributed by atoms with Gasteiger partial charge in [-0.25, -0.2) is 4.79 Å². The summed E-state index contributed by atoms with van der Waals surface area (Å²) in [7, 11) is 0. The molecule has 1 aromatic rings. The van der Waals surface area contributed by atoms with Crippen LogP contribution in [0.1, 0.15) is 49.4 Å². The van der Waals surface area contributed by atoms with Crippen LogP contribution in [0.25, 0.3) is 0 Å². The van der Waals surface area contributed by atoms with Crippen molar-refractivity contribution in [2.45, 2.75) is 45.1 Å². The molecule has 0 aromatic heterocycles. The minimum atomic E-state index is -0.365. The third-order valence-corrected chi connectivity index (χ3v) is 3.72. The van der Waals surface area contributed by atoms with E-state index in [0.717, 1.165) is 32.1 Å². The fraction of sp³-hybridized carbons (Fsp3) is 0.529. The Morgan fingerprint density at radius 2 is 1.86 bits per heavy atom. The number of carbonyl (C=O) groups excluding carboxylic acids is 2. The lowest BCUT2D eigenvalue weighted by Gasteiger charge is -2.29. The Kier molecular flexibility index (Phi) is 5.78. The summed E-state index contributed by atoms with van der Waals surface area (Å²) in [5.41, 5.74) is 0.517. The normalized spacial score (nSPS) is 21.6. The number of hydrogen-bond acceptors (Lipinski definition) is 4. The van der Waals surface area contributed by atoms with E-state index in [1.54, 1.807) is 24.3 Å². The molecule has 1 fully saturated rings. The summed E-state index contributed by atoms with van der Waals surface area (Å²) in [5.74, 6) is -0.920. The standard InChI is InChI=1S/C17H22O4/c1-2-12-20-17(19)14-10-6-7-11-15(14)21-16(18)13-8-4-3-5-9-13/h3-5,8-9,14-15H,2,6-7,10-12H2,1H3. The first-order valence-corrected chi connectivity index (χ1v) is 7.65. The molecular weight excluding hydrogens is 268 g/mol. The number of rotatable bonds is 5. The van der Waals surface area contributed by atoms with Gasteiger partial charge in [0.2, 0.25) is 0 Å². The number of hydrogen-bond donors (Lipinski definition) is 0. The molecule has 0 aliphatic heterocycles. The van der Waals surface area contributed by atoms with Crippen molar-refractivity contribution in [2.75, 3.05) is 6.61 Å². The van der Waals surface area contributed by atoms with Gasteiger partial charge in [0.25, 0.3) is 0 Å². The molecule has 21 heavy (non-hydrogen) atoms. The van der Waals surface area contributed by atoms with Crippen molar-refractivity contribution >= 4 is 11.9 Å². The SMILES string of the molecule is CCCOC(=O)C1CCCCC1OC(=O)c1ccccc1. The van der Waals surface area contributed by atoms with Gasteiger partial charge in [-0.15, -0.1) is 0 Å². The van der Waals surface area contributed by atoms with E-state index in [-0.39, 0.29) is 24.0 Å². The number of benzene rings is 1. The number of carbonyl (C=O) groups is 2. The Hall–Kier alpha value is -1.84. The molecule has 0 bridgehead atoms. The van der Waals surface area contributed by atoms with E-state index in [9.17, 15) is 9.59 Å². The fourth-order valence-electron chi connectivity index (χ4n) is 2.60. The number of ether oxygens (including phenoxy) is 2. The highest BCUT2D eigenvalue weighted by atomic mass is 16.6. The molecule has 1 aliphatic rings. The van der Waals surface area contributed by atoms with Crippen molar-refractivity contribution in [3.05, 3.63) is 35.9 Å². The van der Waals surface area contributed by atoms with Crippen molar-refractivity contribution in [3.63, 3.8) is 0 Å². The van der Waals surface area contributed by atoms with Crippen LogP contribution in [0.3, 0.4) is 0 Å². The Morgan fingerprint density at radius 3 is 2.57 bits per heavy atom. The van der Waals surface area contributed by atoms with Gasteiger partial charge in [-0.2, -0.15) is 0 Å². The van der Waals surface area contributed by atoms with Gasteiger partial charge in [0.15, 0.2) is 0 Å². The average molecular weight is 290 g/mol. The maximum absolute atomic E-state index is 12.1. The minimum absolute atomic E-state index is 0.234. The molecule has 1 saturated carbocycles. The average Bonchev–Trinajstić information content (AvgIpc) is 2.54. The molecule has 2 rings (SSSR count). The smallest absolute Gasteiger partial charge is 0.338 e. The van der Waals surface area contributed by atoms with Gasteiger partial charge in [0, 0.05) is 0 Å². The summed E-state index contributed by atoms with van der Waals surface area (Å²) in [5, 5.41) is 0. The van der Waals surface area contributed by atoms with Gasteiger partial charge < -0.3 is 9.47 Å². The van der Waals surface area contributed by atoms with Crippen LogP contribution in [0.2, 0.25) is 0 Å². The highest BCUT2D eigenvalue weighted by Gasteiger charge is 2.35. The van der Waals surface area contributed by atoms with Gasteiger partial charge in [-0.05, 0) is 37.8 Å². The number of esters is 2. The monoisotopic (exact) mass is 290 g/mol. The van der Waals surface area contributed by atoms with Gasteiger partial charge in [0.1, 0.15) is 6.10 Å². The summed E-state index contributed by atoms with van der Waals surface area (Å²) in [6.07, 6.45) is 3.85. The summed E-state index contributed by atoms with van der Waals surface area (Å²) in [6.45, 7) is 2.38. The van der Waals surface area contributed by atoms with E-state index in [1.165, 1.54) is 0 Å². The Morgan fingerprint density at radius 1 is 1.14 bits per heavy atom. The van der Waals surface area contributed by atoms with Crippen LogP contribution in [-0.2, 0) is 14.3 Å². The summed E-state index contributed by atoms with van der Waals surface area (Å²) in [4.78, 5) is 24.2. The van der Waals surface area contributed by atoms with Crippen LogP contribution in [-0.4, -0.2) is 24.6 Å². The van der Waals surface area contributed by atoms with Crippen LogP contribution in [0, 0.1) is 5.92 Å². The van der Waals surface area contributed by atoms with Crippen LogP contribution < -0.4 is 0 Å². The second kappa shape index (κ2) is 7.81. The van der Waals surface area contributed by atoms with Gasteiger partial charge in [-0.1, -0.05) is 31.5 Å². The Bertz CT molecular complexity index is 469. The maximum Gasteiger partial charge on any atom is 0.338 e. The predicted molar refractivity (Wildman–Crippen MR) is 78.9 cm³/mol. The molecule has 1 aliphatic carbocycles. The highest BCUT2D eigenvalue weighted by Crippen LogP contribution is 2.28. The zero-order valence-corrected chi connectivity index (χ0v) is 12.4. The molecule has 0 N–H and O–H groups in total. The van der Waals surface area contributed by atoms with Crippen LogP contribution in [0.4, 0.5) is 0 Å². The van der Waals surface area contributed by atoms with E-state index in [2.05, 4.69) is 0 Å². The molecule has 0 amide bonds. The van der Waals surface area contributed by atoms with E-state index < -0.39 is 0 Å². The third-order valence-electron chi connectivity index (χ3n) is 3.72. The summed E-state index contributed by atoms with van der Waals surface area (Å²) in [6, 6.07) is 8.88. The van der Waals surface area contributed by atoms with Crippen molar-refractivity contribution < 1.29 is 19.1 Å². The van der Waals surface area contributed by atoms with Crippen molar-refractivity contribution in [1.29, 1.82) is 0 Å². The summed E-state index contributed by atoms with van der Waals surface area (Å²) >= 11 is 0.